The van der Waals surface area contributed by atoms with Crippen molar-refractivity contribution < 1.29 is 13.2 Å². The lowest BCUT2D eigenvalue weighted by atomic mass is 9.78. The summed E-state index contributed by atoms with van der Waals surface area (Å²) in [6.45, 7) is 3.92. The number of hydrazine groups is 1. The van der Waals surface area contributed by atoms with Gasteiger partial charge in [0.1, 0.15) is 0 Å². The van der Waals surface area contributed by atoms with E-state index in [2.05, 4.69) is 5.43 Å². The molecule has 120 valence electrons. The van der Waals surface area contributed by atoms with Crippen LogP contribution in [0.15, 0.2) is 24.3 Å². The molecule has 3 nitrogen and oxygen atoms in total. The van der Waals surface area contributed by atoms with Crippen LogP contribution in [0.25, 0.3) is 0 Å². The molecule has 1 atom stereocenters. The second-order valence-corrected chi connectivity index (χ2v) is 5.39. The number of nitrogens with zero attached hydrogens (tertiary/aromatic N) is 1. The number of likely N-dealkylation sites (N-methyl/N-ethyl adjacent to an activating group) is 1. The van der Waals surface area contributed by atoms with Crippen molar-refractivity contribution in [2.75, 3.05) is 14.1 Å². The van der Waals surface area contributed by atoms with E-state index >= 15 is 0 Å². The molecule has 0 bridgehead atoms. The van der Waals surface area contributed by atoms with Crippen LogP contribution >= 0.6 is 0 Å². The molecule has 6 heteroatoms. The summed E-state index contributed by atoms with van der Waals surface area (Å²) in [5, 5.41) is 0. The lowest BCUT2D eigenvalue weighted by molar-refractivity contribution is -0.138. The number of benzene rings is 1. The van der Waals surface area contributed by atoms with Crippen LogP contribution in [0, 0.1) is 0 Å². The summed E-state index contributed by atoms with van der Waals surface area (Å²) in [7, 11) is 3.74. The number of halogens is 3. The molecule has 0 aliphatic carbocycles. The fourth-order valence-electron chi connectivity index (χ4n) is 3.09. The fourth-order valence-corrected chi connectivity index (χ4v) is 3.09. The van der Waals surface area contributed by atoms with E-state index in [1.165, 1.54) is 12.1 Å². The fraction of sp³-hybridized carbons (Fsp3) is 0.600. The number of nitrogens with one attached hydrogen (secondary N) is 1. The molecule has 0 aliphatic rings. The Morgan fingerprint density at radius 3 is 2.05 bits per heavy atom. The Balaban J connectivity index is 3.47. The van der Waals surface area contributed by atoms with Crippen molar-refractivity contribution in [2.24, 2.45) is 5.84 Å². The Bertz CT molecular complexity index is 454. The normalized spacial score (nSPS) is 14.5. The summed E-state index contributed by atoms with van der Waals surface area (Å²) in [5.41, 5.74) is 1.67. The molecule has 3 N–H and O–H groups in total. The predicted molar refractivity (Wildman–Crippen MR) is 78.5 cm³/mol. The van der Waals surface area contributed by atoms with Crippen LogP contribution in [-0.2, 0) is 6.18 Å². The molecule has 0 amide bonds. The molecular formula is C15H24F3N3. The highest BCUT2D eigenvalue weighted by atomic mass is 19.4. The number of alkyl halides is 3. The van der Waals surface area contributed by atoms with Gasteiger partial charge in [0.05, 0.1) is 11.6 Å². The lowest BCUT2D eigenvalue weighted by Crippen LogP contribution is -2.55. The third kappa shape index (κ3) is 3.39. The second-order valence-electron chi connectivity index (χ2n) is 5.39. The van der Waals surface area contributed by atoms with Gasteiger partial charge in [-0.2, -0.15) is 13.2 Å². The first kappa shape index (κ1) is 17.9. The van der Waals surface area contributed by atoms with E-state index < -0.39 is 23.3 Å². The summed E-state index contributed by atoms with van der Waals surface area (Å²) in [5.74, 6) is 5.65. The Morgan fingerprint density at radius 1 is 1.14 bits per heavy atom. The Morgan fingerprint density at radius 2 is 1.67 bits per heavy atom. The van der Waals surface area contributed by atoms with Gasteiger partial charge in [0.25, 0.3) is 0 Å². The van der Waals surface area contributed by atoms with Crippen LogP contribution in [0.1, 0.15) is 43.9 Å². The third-order valence-corrected chi connectivity index (χ3v) is 4.40. The minimum atomic E-state index is -4.40. The van der Waals surface area contributed by atoms with E-state index in [0.717, 1.165) is 6.07 Å². The molecule has 1 rings (SSSR count). The van der Waals surface area contributed by atoms with Gasteiger partial charge in [-0.25, -0.2) is 0 Å². The number of nitrogens with two attached hydrogens (primary N) is 1. The van der Waals surface area contributed by atoms with Gasteiger partial charge < -0.3 is 4.90 Å². The van der Waals surface area contributed by atoms with Gasteiger partial charge in [-0.05, 0) is 38.6 Å². The van der Waals surface area contributed by atoms with Crippen LogP contribution in [0.5, 0.6) is 0 Å². The van der Waals surface area contributed by atoms with Crippen molar-refractivity contribution in [3.63, 3.8) is 0 Å². The van der Waals surface area contributed by atoms with Crippen molar-refractivity contribution in [2.45, 2.75) is 44.4 Å². The molecular weight excluding hydrogens is 279 g/mol. The third-order valence-electron chi connectivity index (χ3n) is 4.40. The highest BCUT2D eigenvalue weighted by Gasteiger charge is 2.43. The van der Waals surface area contributed by atoms with Crippen molar-refractivity contribution in [1.29, 1.82) is 0 Å². The number of rotatable bonds is 6. The molecule has 1 aromatic rings. The zero-order chi connectivity index (χ0) is 16.3. The molecule has 21 heavy (non-hydrogen) atoms. The maximum absolute atomic E-state index is 13.3. The maximum Gasteiger partial charge on any atom is 0.416 e. The summed E-state index contributed by atoms with van der Waals surface area (Å²) in [6, 6.07) is 5.00. The lowest BCUT2D eigenvalue weighted by Gasteiger charge is -2.45. The molecule has 1 unspecified atom stereocenters. The second kappa shape index (κ2) is 6.77. The SMILES string of the molecule is CCC(CC)(C(NN)c1ccccc1C(F)(F)F)N(C)C. The largest absolute Gasteiger partial charge is 0.416 e. The molecule has 0 saturated carbocycles. The molecule has 0 aliphatic heterocycles. The molecule has 0 radical (unpaired) electrons. The minimum Gasteiger partial charge on any atom is -0.302 e. The zero-order valence-corrected chi connectivity index (χ0v) is 13.0. The molecule has 0 aromatic heterocycles. The van der Waals surface area contributed by atoms with Crippen molar-refractivity contribution >= 4 is 0 Å². The van der Waals surface area contributed by atoms with E-state index in [1.807, 2.05) is 32.8 Å². The monoisotopic (exact) mass is 303 g/mol. The smallest absolute Gasteiger partial charge is 0.302 e. The van der Waals surface area contributed by atoms with Crippen molar-refractivity contribution in [3.05, 3.63) is 35.4 Å². The Hall–Kier alpha value is -1.11. The molecule has 0 fully saturated rings. The standard InChI is InChI=1S/C15H24F3N3/c1-5-14(6-2,21(3)4)13(20-19)11-9-7-8-10-12(11)15(16,17)18/h7-10,13,20H,5-6,19H2,1-4H3. The van der Waals surface area contributed by atoms with Gasteiger partial charge in [-0.15, -0.1) is 0 Å². The summed E-state index contributed by atoms with van der Waals surface area (Å²) in [4.78, 5) is 1.95. The van der Waals surface area contributed by atoms with Crippen molar-refractivity contribution in [1.82, 2.24) is 10.3 Å². The first-order valence-corrected chi connectivity index (χ1v) is 7.04. The molecule has 0 heterocycles. The zero-order valence-electron chi connectivity index (χ0n) is 13.0. The molecule has 0 saturated heterocycles. The van der Waals surface area contributed by atoms with Gasteiger partial charge >= 0.3 is 6.18 Å². The van der Waals surface area contributed by atoms with E-state index in [0.29, 0.717) is 12.8 Å². The highest BCUT2D eigenvalue weighted by Crippen LogP contribution is 2.41. The van der Waals surface area contributed by atoms with Crippen LogP contribution in [0.2, 0.25) is 0 Å². The first-order valence-electron chi connectivity index (χ1n) is 7.04. The summed E-state index contributed by atoms with van der Waals surface area (Å²) >= 11 is 0. The van der Waals surface area contributed by atoms with Crippen LogP contribution in [-0.4, -0.2) is 24.5 Å². The van der Waals surface area contributed by atoms with Gasteiger partial charge in [-0.1, -0.05) is 32.0 Å². The van der Waals surface area contributed by atoms with E-state index in [9.17, 15) is 13.2 Å². The van der Waals surface area contributed by atoms with Gasteiger partial charge in [0.2, 0.25) is 0 Å². The molecule has 1 aromatic carbocycles. The number of hydrogen-bond acceptors (Lipinski definition) is 3. The first-order chi connectivity index (χ1) is 9.74. The average Bonchev–Trinajstić information content (AvgIpc) is 2.43. The molecule has 0 spiro atoms. The Kier molecular flexibility index (Phi) is 5.78. The van der Waals surface area contributed by atoms with E-state index in [4.69, 9.17) is 5.84 Å². The van der Waals surface area contributed by atoms with E-state index in [1.54, 1.807) is 6.07 Å². The van der Waals surface area contributed by atoms with Gasteiger partial charge in [0, 0.05) is 5.54 Å². The summed E-state index contributed by atoms with van der Waals surface area (Å²) in [6.07, 6.45) is -3.04. The van der Waals surface area contributed by atoms with E-state index in [-0.39, 0.29) is 5.56 Å². The van der Waals surface area contributed by atoms with Crippen LogP contribution in [0.4, 0.5) is 13.2 Å². The van der Waals surface area contributed by atoms with Crippen molar-refractivity contribution in [3.8, 4) is 0 Å². The maximum atomic E-state index is 13.3. The van der Waals surface area contributed by atoms with Crippen LogP contribution in [0.3, 0.4) is 0 Å². The average molecular weight is 303 g/mol. The highest BCUT2D eigenvalue weighted by molar-refractivity contribution is 5.34. The quantitative estimate of drug-likeness (QED) is 0.625. The van der Waals surface area contributed by atoms with Crippen LogP contribution < -0.4 is 11.3 Å². The van der Waals surface area contributed by atoms with Gasteiger partial charge in [-0.3, -0.25) is 11.3 Å². The summed E-state index contributed by atoms with van der Waals surface area (Å²) < 4.78 is 39.8. The van der Waals surface area contributed by atoms with Gasteiger partial charge in [0.15, 0.2) is 0 Å². The number of hydrogen-bond donors (Lipinski definition) is 2. The Labute approximate surface area is 124 Å². The predicted octanol–water partition coefficient (Wildman–Crippen LogP) is 3.33. The topological polar surface area (TPSA) is 41.3 Å². The minimum absolute atomic E-state index is 0.185.